The molecule has 1 aromatic carbocycles. The summed E-state index contributed by atoms with van der Waals surface area (Å²) in [7, 11) is -3.67. The van der Waals surface area contributed by atoms with Crippen LogP contribution in [0, 0.1) is 36.0 Å². The fourth-order valence-corrected chi connectivity index (χ4v) is 6.45. The van der Waals surface area contributed by atoms with Gasteiger partial charge in [-0.2, -0.15) is 5.26 Å². The predicted molar refractivity (Wildman–Crippen MR) is 121 cm³/mol. The number of fused-ring (bicyclic) bond motifs is 1. The molecule has 1 aromatic heterocycles. The van der Waals surface area contributed by atoms with Gasteiger partial charge in [-0.3, -0.25) is 4.79 Å². The third-order valence-electron chi connectivity index (χ3n) is 6.47. The minimum Gasteiger partial charge on any atom is -0.318 e. The first-order valence-electron chi connectivity index (χ1n) is 10.5. The number of aryl methyl sites for hydroxylation is 1. The zero-order valence-corrected chi connectivity index (χ0v) is 19.3. The Hall–Kier alpha value is -2.44. The van der Waals surface area contributed by atoms with Crippen molar-refractivity contribution in [3.63, 3.8) is 0 Å². The normalized spacial score (nSPS) is 22.7. The molecule has 0 radical (unpaired) electrons. The molecule has 2 aromatic rings. The van der Waals surface area contributed by atoms with Crippen molar-refractivity contribution < 1.29 is 13.2 Å². The zero-order valence-electron chi connectivity index (χ0n) is 17.7. The van der Waals surface area contributed by atoms with Gasteiger partial charge in [0.2, 0.25) is 10.0 Å². The molecule has 2 fully saturated rings. The molecule has 2 saturated carbocycles. The lowest BCUT2D eigenvalue weighted by Gasteiger charge is -2.28. The van der Waals surface area contributed by atoms with E-state index in [9.17, 15) is 13.2 Å². The maximum atomic E-state index is 12.4. The lowest BCUT2D eigenvalue weighted by atomic mass is 9.91. The van der Waals surface area contributed by atoms with Crippen LogP contribution in [0.2, 0.25) is 0 Å². The molecular formula is C22H26N4O3S2. The molecule has 2 aliphatic rings. The second-order valence-corrected chi connectivity index (χ2v) is 11.5. The Morgan fingerprint density at radius 3 is 2.68 bits per heavy atom. The minimum absolute atomic E-state index is 0.134. The number of sulfonamides is 1. The van der Waals surface area contributed by atoms with Crippen LogP contribution in [0.4, 0.5) is 10.8 Å². The molecule has 0 bridgehead atoms. The first-order chi connectivity index (χ1) is 14.7. The number of nitriles is 1. The Morgan fingerprint density at radius 1 is 1.26 bits per heavy atom. The molecule has 31 heavy (non-hydrogen) atoms. The number of anilines is 2. The van der Waals surface area contributed by atoms with E-state index in [1.165, 1.54) is 43.4 Å². The van der Waals surface area contributed by atoms with Crippen LogP contribution in [0.1, 0.15) is 53.0 Å². The smallest absolute Gasteiger partial charge is 0.284 e. The van der Waals surface area contributed by atoms with Gasteiger partial charge in [-0.25, -0.2) is 18.1 Å². The first-order valence-corrected chi connectivity index (χ1v) is 13.2. The molecule has 0 saturated heterocycles. The van der Waals surface area contributed by atoms with Crippen molar-refractivity contribution in [2.24, 2.45) is 17.8 Å². The van der Waals surface area contributed by atoms with Crippen molar-refractivity contribution in [3.05, 3.63) is 40.4 Å². The summed E-state index contributed by atoms with van der Waals surface area (Å²) in [5.74, 6) is 1.40. The first kappa shape index (κ1) is 21.8. The average molecular weight is 459 g/mol. The summed E-state index contributed by atoms with van der Waals surface area (Å²) in [5, 5.41) is 9.81. The van der Waals surface area contributed by atoms with Crippen LogP contribution in [-0.4, -0.2) is 32.1 Å². The van der Waals surface area contributed by atoms with Crippen LogP contribution < -0.4 is 9.62 Å². The van der Waals surface area contributed by atoms with Gasteiger partial charge in [-0.05, 0) is 68.2 Å². The Balaban J connectivity index is 1.66. The van der Waals surface area contributed by atoms with E-state index in [0.29, 0.717) is 21.5 Å². The molecule has 1 amide bonds. The van der Waals surface area contributed by atoms with Crippen molar-refractivity contribution in [2.75, 3.05) is 17.7 Å². The number of carbonyl (C=O) groups excluding carboxylic acids is 1. The van der Waals surface area contributed by atoms with E-state index in [1.54, 1.807) is 19.1 Å². The van der Waals surface area contributed by atoms with Gasteiger partial charge in [0, 0.05) is 17.1 Å². The Morgan fingerprint density at radius 2 is 2.00 bits per heavy atom. The predicted octanol–water partition coefficient (Wildman–Crippen LogP) is 3.98. The highest BCUT2D eigenvalue weighted by Crippen LogP contribution is 2.48. The molecule has 164 valence electrons. The second kappa shape index (κ2) is 8.60. The van der Waals surface area contributed by atoms with Crippen molar-refractivity contribution in [3.8, 4) is 6.07 Å². The van der Waals surface area contributed by atoms with Crippen molar-refractivity contribution in [1.29, 1.82) is 5.26 Å². The lowest BCUT2D eigenvalue weighted by molar-refractivity contribution is 0.0977. The molecule has 0 aliphatic heterocycles. The zero-order chi connectivity index (χ0) is 22.2. The maximum Gasteiger partial charge on any atom is 0.284 e. The molecule has 9 heteroatoms. The Kier molecular flexibility index (Phi) is 6.04. The third kappa shape index (κ3) is 4.75. The van der Waals surface area contributed by atoms with E-state index in [4.69, 9.17) is 5.26 Å². The van der Waals surface area contributed by atoms with E-state index >= 15 is 0 Å². The lowest BCUT2D eigenvalue weighted by Crippen LogP contribution is -2.30. The summed E-state index contributed by atoms with van der Waals surface area (Å²) in [6.45, 7) is 2.57. The molecule has 2 aliphatic carbocycles. The number of benzene rings is 1. The van der Waals surface area contributed by atoms with E-state index in [-0.39, 0.29) is 5.69 Å². The van der Waals surface area contributed by atoms with Gasteiger partial charge in [-0.15, -0.1) is 11.3 Å². The topological polar surface area (TPSA) is 103 Å². The van der Waals surface area contributed by atoms with Crippen molar-refractivity contribution in [1.82, 2.24) is 9.71 Å². The summed E-state index contributed by atoms with van der Waals surface area (Å²) < 4.78 is 25.0. The molecule has 3 unspecified atom stereocenters. The number of thiazole rings is 1. The van der Waals surface area contributed by atoms with Gasteiger partial charge in [0.25, 0.3) is 5.91 Å². The second-order valence-electron chi connectivity index (χ2n) is 8.57. The molecule has 1 heterocycles. The minimum atomic E-state index is -3.67. The molecule has 0 spiro atoms. The van der Waals surface area contributed by atoms with Crippen LogP contribution in [0.15, 0.2) is 24.3 Å². The Bertz CT molecular complexity index is 1120. The average Bonchev–Trinajstić information content (AvgIpc) is 3.41. The van der Waals surface area contributed by atoms with Crippen molar-refractivity contribution >= 4 is 38.1 Å². The van der Waals surface area contributed by atoms with Crippen LogP contribution in [0.25, 0.3) is 0 Å². The molecular weight excluding hydrogens is 432 g/mol. The number of nitrogens with one attached hydrogen (secondary N) is 1. The number of carbonyl (C=O) groups is 1. The molecule has 4 rings (SSSR count). The summed E-state index contributed by atoms with van der Waals surface area (Å²) in [5.41, 5.74) is 1.64. The van der Waals surface area contributed by atoms with Crippen LogP contribution in [0.5, 0.6) is 0 Å². The maximum absolute atomic E-state index is 12.4. The summed E-state index contributed by atoms with van der Waals surface area (Å²) in [6, 6.07) is 9.53. The fraction of sp³-hybridized carbons (Fsp3) is 0.500. The quantitative estimate of drug-likeness (QED) is 0.702. The SMILES string of the molecule is Cc1sc(N(CC2CCC3CCCC32)c2ccc(C#N)cc2)nc1C(=O)NS(C)(=O)=O. The highest BCUT2D eigenvalue weighted by molar-refractivity contribution is 7.89. The fourth-order valence-electron chi connectivity index (χ4n) is 5.08. The van der Waals surface area contributed by atoms with Gasteiger partial charge in [-0.1, -0.05) is 12.8 Å². The van der Waals surface area contributed by atoms with E-state index in [2.05, 4.69) is 16.0 Å². The number of rotatable bonds is 6. The summed E-state index contributed by atoms with van der Waals surface area (Å²) >= 11 is 1.38. The largest absolute Gasteiger partial charge is 0.318 e. The van der Waals surface area contributed by atoms with E-state index in [0.717, 1.165) is 30.3 Å². The number of amides is 1. The number of aromatic nitrogens is 1. The van der Waals surface area contributed by atoms with Gasteiger partial charge in [0.1, 0.15) is 5.69 Å². The summed E-state index contributed by atoms with van der Waals surface area (Å²) in [6.07, 6.45) is 7.31. The van der Waals surface area contributed by atoms with Gasteiger partial charge < -0.3 is 4.90 Å². The van der Waals surface area contributed by atoms with Gasteiger partial charge >= 0.3 is 0 Å². The van der Waals surface area contributed by atoms with Crippen LogP contribution >= 0.6 is 11.3 Å². The highest BCUT2D eigenvalue weighted by atomic mass is 32.2. The van der Waals surface area contributed by atoms with Gasteiger partial charge in [0.05, 0.1) is 17.9 Å². The van der Waals surface area contributed by atoms with Gasteiger partial charge in [0.15, 0.2) is 5.13 Å². The van der Waals surface area contributed by atoms with Crippen LogP contribution in [0.3, 0.4) is 0 Å². The Labute approximate surface area is 187 Å². The van der Waals surface area contributed by atoms with Crippen molar-refractivity contribution in [2.45, 2.75) is 39.0 Å². The molecule has 3 atom stereocenters. The standard InChI is InChI=1S/C22H26N4O3S2/c1-14-20(21(27)25-31(2,28)29)24-22(30-14)26(18-10-6-15(12-23)7-11-18)13-17-9-8-16-4-3-5-19(16)17/h6-7,10-11,16-17,19H,3-5,8-9,13H2,1-2H3,(H,25,27). The third-order valence-corrected chi connectivity index (χ3v) is 8.02. The van der Waals surface area contributed by atoms with E-state index in [1.807, 2.05) is 16.9 Å². The number of hydrogen-bond donors (Lipinski definition) is 1. The molecule has 7 nitrogen and oxygen atoms in total. The van der Waals surface area contributed by atoms with Crippen LogP contribution in [-0.2, 0) is 10.0 Å². The number of nitrogens with zero attached hydrogens (tertiary/aromatic N) is 3. The van der Waals surface area contributed by atoms with E-state index < -0.39 is 15.9 Å². The monoisotopic (exact) mass is 458 g/mol. The molecule has 1 N–H and O–H groups in total. The highest BCUT2D eigenvalue weighted by Gasteiger charge is 2.40. The number of hydrogen-bond acceptors (Lipinski definition) is 7. The summed E-state index contributed by atoms with van der Waals surface area (Å²) in [4.78, 5) is 19.8.